The molecule has 4 nitrogen and oxygen atoms in total. The lowest BCUT2D eigenvalue weighted by Gasteiger charge is -2.29. The number of hydrogen-bond donors (Lipinski definition) is 2. The van der Waals surface area contributed by atoms with Gasteiger partial charge in [-0.05, 0) is 33.0 Å². The van der Waals surface area contributed by atoms with Crippen molar-refractivity contribution in [1.82, 2.24) is 15.5 Å². The summed E-state index contributed by atoms with van der Waals surface area (Å²) in [4.78, 5) is 13.3. The monoisotopic (exact) mass is 185 g/mol. The van der Waals surface area contributed by atoms with Gasteiger partial charge in [0.1, 0.15) is 0 Å². The summed E-state index contributed by atoms with van der Waals surface area (Å²) in [5.74, 6) is 0.0685. The Morgan fingerprint density at radius 3 is 2.62 bits per heavy atom. The van der Waals surface area contributed by atoms with Crippen molar-refractivity contribution in [2.45, 2.75) is 18.9 Å². The maximum Gasteiger partial charge on any atom is 0.233 e. The zero-order valence-electron chi connectivity index (χ0n) is 8.47. The fourth-order valence-electron chi connectivity index (χ4n) is 1.54. The highest BCUT2D eigenvalue weighted by molar-refractivity contribution is 5.77. The van der Waals surface area contributed by atoms with Crippen LogP contribution in [-0.4, -0.2) is 50.6 Å². The third kappa shape index (κ3) is 3.74. The Kier molecular flexibility index (Phi) is 4.18. The highest BCUT2D eigenvalue weighted by Gasteiger charge is 2.16. The molecule has 0 aromatic rings. The second-order valence-corrected chi connectivity index (χ2v) is 3.63. The van der Waals surface area contributed by atoms with E-state index in [9.17, 15) is 4.79 Å². The molecule has 0 aliphatic carbocycles. The molecule has 1 aliphatic rings. The van der Waals surface area contributed by atoms with Crippen LogP contribution in [-0.2, 0) is 4.79 Å². The molecule has 0 radical (unpaired) electrons. The molecule has 1 heterocycles. The summed E-state index contributed by atoms with van der Waals surface area (Å²) in [5.41, 5.74) is 0. The van der Waals surface area contributed by atoms with Crippen molar-refractivity contribution in [3.8, 4) is 0 Å². The van der Waals surface area contributed by atoms with Crippen LogP contribution < -0.4 is 10.6 Å². The van der Waals surface area contributed by atoms with Gasteiger partial charge in [-0.15, -0.1) is 0 Å². The first-order valence-corrected chi connectivity index (χ1v) is 4.85. The molecular formula is C9H19N3O. The number of likely N-dealkylation sites (tertiary alicyclic amines) is 1. The van der Waals surface area contributed by atoms with Crippen LogP contribution in [0.1, 0.15) is 12.8 Å². The van der Waals surface area contributed by atoms with Crippen LogP contribution in [0.4, 0.5) is 0 Å². The standard InChI is InChI=1S/C9H19N3O/c1-10-9(13)7-11-8-3-5-12(2)6-4-8/h8,11H,3-7H2,1-2H3,(H,10,13). The zero-order chi connectivity index (χ0) is 9.68. The quantitative estimate of drug-likeness (QED) is 0.618. The number of nitrogens with zero attached hydrogens (tertiary/aromatic N) is 1. The minimum Gasteiger partial charge on any atom is -0.358 e. The van der Waals surface area contributed by atoms with Crippen molar-refractivity contribution < 1.29 is 4.79 Å². The third-order valence-corrected chi connectivity index (χ3v) is 2.55. The highest BCUT2D eigenvalue weighted by Crippen LogP contribution is 2.07. The number of rotatable bonds is 3. The number of hydrogen-bond acceptors (Lipinski definition) is 3. The summed E-state index contributed by atoms with van der Waals surface area (Å²) in [6, 6.07) is 0.522. The van der Waals surface area contributed by atoms with Gasteiger partial charge < -0.3 is 15.5 Å². The van der Waals surface area contributed by atoms with Gasteiger partial charge in [0.2, 0.25) is 5.91 Å². The number of amides is 1. The minimum atomic E-state index is 0.0685. The Labute approximate surface area is 79.7 Å². The molecule has 0 spiro atoms. The van der Waals surface area contributed by atoms with Gasteiger partial charge in [-0.2, -0.15) is 0 Å². The summed E-state index contributed by atoms with van der Waals surface area (Å²) in [6.07, 6.45) is 2.29. The molecular weight excluding hydrogens is 166 g/mol. The average molecular weight is 185 g/mol. The topological polar surface area (TPSA) is 44.4 Å². The molecule has 76 valence electrons. The van der Waals surface area contributed by atoms with Crippen molar-refractivity contribution in [3.05, 3.63) is 0 Å². The predicted molar refractivity (Wildman–Crippen MR) is 52.6 cm³/mol. The normalized spacial score (nSPS) is 20.2. The second-order valence-electron chi connectivity index (χ2n) is 3.63. The molecule has 0 saturated carbocycles. The highest BCUT2D eigenvalue weighted by atomic mass is 16.1. The molecule has 13 heavy (non-hydrogen) atoms. The third-order valence-electron chi connectivity index (χ3n) is 2.55. The lowest BCUT2D eigenvalue weighted by molar-refractivity contribution is -0.119. The summed E-state index contributed by atoms with van der Waals surface area (Å²) in [6.45, 7) is 2.71. The number of piperidine rings is 1. The molecule has 0 aromatic carbocycles. The van der Waals surface area contributed by atoms with Crippen LogP contribution in [0.5, 0.6) is 0 Å². The summed E-state index contributed by atoms with van der Waals surface area (Å²) in [7, 11) is 3.80. The van der Waals surface area contributed by atoms with E-state index < -0.39 is 0 Å². The van der Waals surface area contributed by atoms with Crippen LogP contribution in [0.15, 0.2) is 0 Å². The number of carbonyl (C=O) groups is 1. The van der Waals surface area contributed by atoms with Crippen LogP contribution in [0, 0.1) is 0 Å². The minimum absolute atomic E-state index is 0.0685. The average Bonchev–Trinajstić information content (AvgIpc) is 2.16. The van der Waals surface area contributed by atoms with Gasteiger partial charge in [0.05, 0.1) is 6.54 Å². The Bertz CT molecular complexity index is 164. The van der Waals surface area contributed by atoms with E-state index in [1.807, 2.05) is 0 Å². The van der Waals surface area contributed by atoms with E-state index in [-0.39, 0.29) is 5.91 Å². The Morgan fingerprint density at radius 2 is 2.08 bits per heavy atom. The summed E-state index contributed by atoms with van der Waals surface area (Å²) in [5, 5.41) is 5.86. The predicted octanol–water partition coefficient (Wildman–Crippen LogP) is -0.584. The Balaban J connectivity index is 2.12. The van der Waals surface area contributed by atoms with Gasteiger partial charge in [-0.3, -0.25) is 4.79 Å². The molecule has 2 N–H and O–H groups in total. The first-order valence-electron chi connectivity index (χ1n) is 4.85. The van der Waals surface area contributed by atoms with Crippen molar-refractivity contribution >= 4 is 5.91 Å². The zero-order valence-corrected chi connectivity index (χ0v) is 8.47. The fraction of sp³-hybridized carbons (Fsp3) is 0.889. The first-order chi connectivity index (χ1) is 6.22. The number of nitrogens with one attached hydrogen (secondary N) is 2. The lowest BCUT2D eigenvalue weighted by Crippen LogP contribution is -2.44. The largest absolute Gasteiger partial charge is 0.358 e. The molecule has 0 atom stereocenters. The maximum atomic E-state index is 10.9. The van der Waals surface area contributed by atoms with Crippen molar-refractivity contribution in [2.24, 2.45) is 0 Å². The van der Waals surface area contributed by atoms with Gasteiger partial charge >= 0.3 is 0 Å². The summed E-state index contributed by atoms with van der Waals surface area (Å²) >= 11 is 0. The molecule has 0 bridgehead atoms. The molecule has 4 heteroatoms. The van der Waals surface area contributed by atoms with Crippen LogP contribution in [0.2, 0.25) is 0 Å². The lowest BCUT2D eigenvalue weighted by atomic mass is 10.1. The van der Waals surface area contributed by atoms with E-state index in [2.05, 4.69) is 22.6 Å². The summed E-state index contributed by atoms with van der Waals surface area (Å²) < 4.78 is 0. The SMILES string of the molecule is CNC(=O)CNC1CCN(C)CC1. The van der Waals surface area contributed by atoms with Gasteiger partial charge in [0.15, 0.2) is 0 Å². The molecule has 1 rings (SSSR count). The van der Waals surface area contributed by atoms with E-state index in [1.54, 1.807) is 7.05 Å². The van der Waals surface area contributed by atoms with Crippen LogP contribution in [0.3, 0.4) is 0 Å². The molecule has 0 aromatic heterocycles. The Hall–Kier alpha value is -0.610. The number of carbonyl (C=O) groups excluding carboxylic acids is 1. The van der Waals surface area contributed by atoms with E-state index >= 15 is 0 Å². The fourth-order valence-corrected chi connectivity index (χ4v) is 1.54. The smallest absolute Gasteiger partial charge is 0.233 e. The van der Waals surface area contributed by atoms with Crippen molar-refractivity contribution in [1.29, 1.82) is 0 Å². The van der Waals surface area contributed by atoms with Crippen molar-refractivity contribution in [3.63, 3.8) is 0 Å². The molecule has 1 saturated heterocycles. The van der Waals surface area contributed by atoms with E-state index in [0.29, 0.717) is 12.6 Å². The van der Waals surface area contributed by atoms with Gasteiger partial charge in [0, 0.05) is 13.1 Å². The molecule has 1 aliphatic heterocycles. The molecule has 1 amide bonds. The van der Waals surface area contributed by atoms with Crippen LogP contribution >= 0.6 is 0 Å². The van der Waals surface area contributed by atoms with Crippen LogP contribution in [0.25, 0.3) is 0 Å². The molecule has 0 unspecified atom stereocenters. The first kappa shape index (κ1) is 10.5. The van der Waals surface area contributed by atoms with E-state index in [4.69, 9.17) is 0 Å². The van der Waals surface area contributed by atoms with Gasteiger partial charge in [-0.25, -0.2) is 0 Å². The Morgan fingerprint density at radius 1 is 1.46 bits per heavy atom. The molecule has 1 fully saturated rings. The van der Waals surface area contributed by atoms with E-state index in [0.717, 1.165) is 25.9 Å². The maximum absolute atomic E-state index is 10.9. The second kappa shape index (κ2) is 5.19. The van der Waals surface area contributed by atoms with E-state index in [1.165, 1.54) is 0 Å². The van der Waals surface area contributed by atoms with Crippen molar-refractivity contribution in [2.75, 3.05) is 33.7 Å². The number of likely N-dealkylation sites (N-methyl/N-ethyl adjacent to an activating group) is 1. The van der Waals surface area contributed by atoms with Gasteiger partial charge in [0.25, 0.3) is 0 Å². The van der Waals surface area contributed by atoms with Gasteiger partial charge in [-0.1, -0.05) is 0 Å².